The highest BCUT2D eigenvalue weighted by Gasteiger charge is 2.09. The van der Waals surface area contributed by atoms with Crippen LogP contribution in [0.25, 0.3) is 0 Å². The van der Waals surface area contributed by atoms with Crippen LogP contribution in [0.5, 0.6) is 0 Å². The molecule has 0 amide bonds. The summed E-state index contributed by atoms with van der Waals surface area (Å²) < 4.78 is 13.1. The Bertz CT molecular complexity index is 557. The van der Waals surface area contributed by atoms with Gasteiger partial charge in [-0.15, -0.1) is 0 Å². The summed E-state index contributed by atoms with van der Waals surface area (Å²) in [6, 6.07) is 12.1. The molecular formula is C14H12Cl2FN. The Labute approximate surface area is 116 Å². The van der Waals surface area contributed by atoms with E-state index in [1.165, 1.54) is 6.07 Å². The Morgan fingerprint density at radius 3 is 2.44 bits per heavy atom. The van der Waals surface area contributed by atoms with Crippen LogP contribution in [0.2, 0.25) is 10.0 Å². The van der Waals surface area contributed by atoms with Gasteiger partial charge in [0.2, 0.25) is 0 Å². The SMILES string of the molecule is CC(Nc1ccccc1Cl)c1ccc(F)c(Cl)c1. The quantitative estimate of drug-likeness (QED) is 0.805. The Morgan fingerprint density at radius 1 is 1.06 bits per heavy atom. The average molecular weight is 284 g/mol. The molecule has 2 rings (SSSR count). The molecule has 0 spiro atoms. The molecule has 0 saturated carbocycles. The first-order chi connectivity index (χ1) is 8.58. The maximum Gasteiger partial charge on any atom is 0.141 e. The molecule has 0 bridgehead atoms. The van der Waals surface area contributed by atoms with E-state index in [1.807, 2.05) is 31.2 Å². The fourth-order valence-electron chi connectivity index (χ4n) is 1.68. The summed E-state index contributed by atoms with van der Waals surface area (Å²) in [6.45, 7) is 1.97. The Hall–Kier alpha value is -1.25. The maximum atomic E-state index is 13.1. The van der Waals surface area contributed by atoms with Crippen molar-refractivity contribution in [2.45, 2.75) is 13.0 Å². The molecular weight excluding hydrogens is 272 g/mol. The molecule has 94 valence electrons. The number of benzene rings is 2. The van der Waals surface area contributed by atoms with Crippen LogP contribution in [0.4, 0.5) is 10.1 Å². The minimum absolute atomic E-state index is 0.0111. The Morgan fingerprint density at radius 2 is 1.78 bits per heavy atom. The molecule has 0 aliphatic rings. The summed E-state index contributed by atoms with van der Waals surface area (Å²) in [4.78, 5) is 0. The summed E-state index contributed by atoms with van der Waals surface area (Å²) in [7, 11) is 0. The second kappa shape index (κ2) is 5.59. The van der Waals surface area contributed by atoms with Gasteiger partial charge >= 0.3 is 0 Å². The standard InChI is InChI=1S/C14H12Cl2FN/c1-9(10-6-7-13(17)12(16)8-10)18-14-5-3-2-4-11(14)15/h2-9,18H,1H3. The second-order valence-electron chi connectivity index (χ2n) is 4.02. The van der Waals surface area contributed by atoms with Gasteiger partial charge in [0.1, 0.15) is 5.82 Å². The molecule has 1 atom stereocenters. The van der Waals surface area contributed by atoms with Gasteiger partial charge in [-0.25, -0.2) is 4.39 Å². The molecule has 1 nitrogen and oxygen atoms in total. The monoisotopic (exact) mass is 283 g/mol. The van der Waals surface area contributed by atoms with Crippen molar-refractivity contribution in [1.29, 1.82) is 0 Å². The van der Waals surface area contributed by atoms with Crippen LogP contribution in [0.1, 0.15) is 18.5 Å². The van der Waals surface area contributed by atoms with E-state index in [9.17, 15) is 4.39 Å². The van der Waals surface area contributed by atoms with Crippen LogP contribution >= 0.6 is 23.2 Å². The topological polar surface area (TPSA) is 12.0 Å². The van der Waals surface area contributed by atoms with Gasteiger partial charge in [0.05, 0.1) is 15.7 Å². The third-order valence-corrected chi connectivity index (χ3v) is 3.31. The predicted molar refractivity (Wildman–Crippen MR) is 74.9 cm³/mol. The van der Waals surface area contributed by atoms with E-state index in [1.54, 1.807) is 12.1 Å². The fourth-order valence-corrected chi connectivity index (χ4v) is 2.06. The molecule has 1 unspecified atom stereocenters. The zero-order valence-corrected chi connectivity index (χ0v) is 11.3. The number of hydrogen-bond acceptors (Lipinski definition) is 1. The summed E-state index contributed by atoms with van der Waals surface area (Å²) in [6.07, 6.45) is 0. The predicted octanol–water partition coefficient (Wildman–Crippen LogP) is 5.31. The van der Waals surface area contributed by atoms with E-state index in [2.05, 4.69) is 5.32 Å². The fraction of sp³-hybridized carbons (Fsp3) is 0.143. The second-order valence-corrected chi connectivity index (χ2v) is 4.83. The van der Waals surface area contributed by atoms with Gasteiger partial charge in [-0.05, 0) is 36.8 Å². The number of rotatable bonds is 3. The van der Waals surface area contributed by atoms with Crippen molar-refractivity contribution in [3.63, 3.8) is 0 Å². The van der Waals surface area contributed by atoms with Crippen molar-refractivity contribution >= 4 is 28.9 Å². The van der Waals surface area contributed by atoms with Gasteiger partial charge in [0, 0.05) is 6.04 Å². The van der Waals surface area contributed by atoms with Gasteiger partial charge in [-0.1, -0.05) is 41.4 Å². The zero-order chi connectivity index (χ0) is 13.1. The summed E-state index contributed by atoms with van der Waals surface area (Å²) in [5.74, 6) is -0.412. The zero-order valence-electron chi connectivity index (χ0n) is 9.75. The first-order valence-electron chi connectivity index (χ1n) is 5.54. The van der Waals surface area contributed by atoms with Crippen molar-refractivity contribution in [3.05, 3.63) is 63.9 Å². The van der Waals surface area contributed by atoms with Crippen molar-refractivity contribution < 1.29 is 4.39 Å². The van der Waals surface area contributed by atoms with E-state index in [0.29, 0.717) is 5.02 Å². The van der Waals surface area contributed by atoms with Gasteiger partial charge in [0.25, 0.3) is 0 Å². The van der Waals surface area contributed by atoms with Crippen molar-refractivity contribution in [2.75, 3.05) is 5.32 Å². The number of hydrogen-bond donors (Lipinski definition) is 1. The van der Waals surface area contributed by atoms with Crippen LogP contribution in [0.3, 0.4) is 0 Å². The lowest BCUT2D eigenvalue weighted by molar-refractivity contribution is 0.627. The van der Waals surface area contributed by atoms with Crippen molar-refractivity contribution in [2.24, 2.45) is 0 Å². The first kappa shape index (κ1) is 13.2. The molecule has 1 N–H and O–H groups in total. The highest BCUT2D eigenvalue weighted by molar-refractivity contribution is 6.33. The number of anilines is 1. The third kappa shape index (κ3) is 2.95. The summed E-state index contributed by atoms with van der Waals surface area (Å²) in [5, 5.41) is 4.04. The molecule has 0 aliphatic carbocycles. The number of nitrogens with one attached hydrogen (secondary N) is 1. The van der Waals surface area contributed by atoms with Gasteiger partial charge in [-0.3, -0.25) is 0 Å². The van der Waals surface area contributed by atoms with Gasteiger partial charge in [0.15, 0.2) is 0 Å². The first-order valence-corrected chi connectivity index (χ1v) is 6.29. The molecule has 4 heteroatoms. The highest BCUT2D eigenvalue weighted by atomic mass is 35.5. The normalized spacial score (nSPS) is 12.2. The molecule has 0 aromatic heterocycles. The van der Waals surface area contributed by atoms with Crippen LogP contribution in [-0.4, -0.2) is 0 Å². The molecule has 0 heterocycles. The molecule has 2 aromatic rings. The molecule has 0 saturated heterocycles. The molecule has 0 radical (unpaired) electrons. The molecule has 0 fully saturated rings. The minimum Gasteiger partial charge on any atom is -0.377 e. The van der Waals surface area contributed by atoms with Crippen LogP contribution in [0.15, 0.2) is 42.5 Å². The highest BCUT2D eigenvalue weighted by Crippen LogP contribution is 2.27. The average Bonchev–Trinajstić information content (AvgIpc) is 2.35. The van der Waals surface area contributed by atoms with Crippen LogP contribution < -0.4 is 5.32 Å². The van der Waals surface area contributed by atoms with Gasteiger partial charge in [-0.2, -0.15) is 0 Å². The van der Waals surface area contributed by atoms with E-state index in [0.717, 1.165) is 11.3 Å². The lowest BCUT2D eigenvalue weighted by atomic mass is 10.1. The van der Waals surface area contributed by atoms with E-state index >= 15 is 0 Å². The smallest absolute Gasteiger partial charge is 0.141 e. The molecule has 2 aromatic carbocycles. The maximum absolute atomic E-state index is 13.1. The van der Waals surface area contributed by atoms with E-state index in [-0.39, 0.29) is 11.1 Å². The number of halogens is 3. The van der Waals surface area contributed by atoms with Crippen molar-refractivity contribution in [3.8, 4) is 0 Å². The lowest BCUT2D eigenvalue weighted by Crippen LogP contribution is -2.07. The largest absolute Gasteiger partial charge is 0.377 e. The molecule has 18 heavy (non-hydrogen) atoms. The van der Waals surface area contributed by atoms with E-state index in [4.69, 9.17) is 23.2 Å². The van der Waals surface area contributed by atoms with Crippen LogP contribution in [0, 0.1) is 5.82 Å². The molecule has 0 aliphatic heterocycles. The van der Waals surface area contributed by atoms with Crippen molar-refractivity contribution in [1.82, 2.24) is 0 Å². The number of para-hydroxylation sites is 1. The Kier molecular flexibility index (Phi) is 4.10. The van der Waals surface area contributed by atoms with Gasteiger partial charge < -0.3 is 5.32 Å². The van der Waals surface area contributed by atoms with Crippen LogP contribution in [-0.2, 0) is 0 Å². The summed E-state index contributed by atoms with van der Waals surface area (Å²) >= 11 is 11.8. The minimum atomic E-state index is -0.412. The van der Waals surface area contributed by atoms with E-state index < -0.39 is 5.82 Å². The third-order valence-electron chi connectivity index (χ3n) is 2.69. The Balaban J connectivity index is 2.19. The summed E-state index contributed by atoms with van der Waals surface area (Å²) in [5.41, 5.74) is 1.74. The lowest BCUT2D eigenvalue weighted by Gasteiger charge is -2.17.